The summed E-state index contributed by atoms with van der Waals surface area (Å²) >= 11 is 0. The molecule has 0 bridgehead atoms. The molecule has 6 heteroatoms. The summed E-state index contributed by atoms with van der Waals surface area (Å²) in [5, 5.41) is 2.98. The van der Waals surface area contributed by atoms with E-state index in [0.29, 0.717) is 26.1 Å². The predicted molar refractivity (Wildman–Crippen MR) is 77.5 cm³/mol. The summed E-state index contributed by atoms with van der Waals surface area (Å²) in [6.45, 7) is 7.09. The Bertz CT molecular complexity index is 292. The maximum absolute atomic E-state index is 12.2. The number of hydrogen-bond donors (Lipinski definition) is 2. The van der Waals surface area contributed by atoms with E-state index in [1.165, 1.54) is 0 Å². The van der Waals surface area contributed by atoms with Crippen molar-refractivity contribution in [2.45, 2.75) is 57.2 Å². The van der Waals surface area contributed by atoms with Gasteiger partial charge in [0.15, 0.2) is 0 Å². The monoisotopic (exact) mass is 294 g/mol. The molecule has 1 heterocycles. The quantitative estimate of drug-likeness (QED) is 0.800. The first-order valence-electron chi connectivity index (χ1n) is 6.52. The van der Waals surface area contributed by atoms with Crippen LogP contribution in [0.3, 0.4) is 0 Å². The first-order chi connectivity index (χ1) is 8.29. The molecule has 5 nitrogen and oxygen atoms in total. The molecule has 0 saturated carbocycles. The SMILES string of the molecule is COC(C)(C)CC(C)NC(=O)C1(N)CCOCC1.Cl. The molecule has 1 saturated heterocycles. The van der Waals surface area contributed by atoms with Gasteiger partial charge in [-0.1, -0.05) is 0 Å². The lowest BCUT2D eigenvalue weighted by molar-refractivity contribution is -0.130. The fraction of sp³-hybridized carbons (Fsp3) is 0.923. The summed E-state index contributed by atoms with van der Waals surface area (Å²) in [7, 11) is 1.68. The van der Waals surface area contributed by atoms with Gasteiger partial charge in [0, 0.05) is 26.4 Å². The van der Waals surface area contributed by atoms with Gasteiger partial charge in [0.1, 0.15) is 0 Å². The zero-order chi connectivity index (χ0) is 13.8. The Morgan fingerprint density at radius 3 is 2.47 bits per heavy atom. The third-order valence-corrected chi connectivity index (χ3v) is 3.57. The normalized spacial score (nSPS) is 20.3. The molecule has 1 aliphatic heterocycles. The highest BCUT2D eigenvalue weighted by atomic mass is 35.5. The number of carbonyl (C=O) groups excluding carboxylic acids is 1. The van der Waals surface area contributed by atoms with E-state index in [-0.39, 0.29) is 30.0 Å². The van der Waals surface area contributed by atoms with E-state index >= 15 is 0 Å². The van der Waals surface area contributed by atoms with Gasteiger partial charge in [0.05, 0.1) is 11.1 Å². The van der Waals surface area contributed by atoms with Crippen LogP contribution >= 0.6 is 12.4 Å². The fourth-order valence-electron chi connectivity index (χ4n) is 2.20. The molecule has 3 N–H and O–H groups in total. The van der Waals surface area contributed by atoms with Crippen LogP contribution in [-0.2, 0) is 14.3 Å². The molecule has 1 unspecified atom stereocenters. The summed E-state index contributed by atoms with van der Waals surface area (Å²) in [5.74, 6) is -0.0785. The lowest BCUT2D eigenvalue weighted by Gasteiger charge is -2.34. The second-order valence-corrected chi connectivity index (χ2v) is 5.81. The summed E-state index contributed by atoms with van der Waals surface area (Å²) in [6, 6.07) is 0.0377. The minimum absolute atomic E-state index is 0. The van der Waals surface area contributed by atoms with Crippen molar-refractivity contribution in [2.75, 3.05) is 20.3 Å². The van der Waals surface area contributed by atoms with Crippen molar-refractivity contribution in [3.8, 4) is 0 Å². The van der Waals surface area contributed by atoms with Crippen molar-refractivity contribution in [1.29, 1.82) is 0 Å². The Morgan fingerprint density at radius 2 is 2.00 bits per heavy atom. The molecule has 114 valence electrons. The van der Waals surface area contributed by atoms with E-state index in [0.717, 1.165) is 6.42 Å². The zero-order valence-electron chi connectivity index (χ0n) is 12.3. The van der Waals surface area contributed by atoms with E-state index in [9.17, 15) is 4.79 Å². The van der Waals surface area contributed by atoms with Crippen LogP contribution in [0, 0.1) is 0 Å². The van der Waals surface area contributed by atoms with E-state index in [1.54, 1.807) is 7.11 Å². The number of rotatable bonds is 5. The standard InChI is InChI=1S/C13H26N2O3.ClH/c1-10(9-12(2,3)17-4)15-11(16)13(14)5-7-18-8-6-13;/h10H,5-9,14H2,1-4H3,(H,15,16);1H. The van der Waals surface area contributed by atoms with E-state index in [4.69, 9.17) is 15.2 Å². The predicted octanol–water partition coefficient (Wildman–Crippen LogP) is 1.24. The largest absolute Gasteiger partial charge is 0.381 e. The maximum Gasteiger partial charge on any atom is 0.240 e. The van der Waals surface area contributed by atoms with Gasteiger partial charge in [-0.2, -0.15) is 0 Å². The highest BCUT2D eigenvalue weighted by Gasteiger charge is 2.36. The van der Waals surface area contributed by atoms with Crippen molar-refractivity contribution in [2.24, 2.45) is 5.73 Å². The van der Waals surface area contributed by atoms with Crippen molar-refractivity contribution in [3.05, 3.63) is 0 Å². The molecule has 0 aromatic heterocycles. The number of amides is 1. The minimum Gasteiger partial charge on any atom is -0.381 e. The second-order valence-electron chi connectivity index (χ2n) is 5.81. The van der Waals surface area contributed by atoms with Gasteiger partial charge in [0.2, 0.25) is 5.91 Å². The number of carbonyl (C=O) groups is 1. The second kappa shape index (κ2) is 7.43. The molecular formula is C13H27ClN2O3. The molecule has 1 aliphatic rings. The molecule has 1 amide bonds. The Balaban J connectivity index is 0.00000324. The average Bonchev–Trinajstić information content (AvgIpc) is 2.29. The van der Waals surface area contributed by atoms with E-state index in [2.05, 4.69) is 5.32 Å². The van der Waals surface area contributed by atoms with Gasteiger partial charge >= 0.3 is 0 Å². The number of methoxy groups -OCH3 is 1. The number of nitrogens with two attached hydrogens (primary N) is 1. The number of ether oxygens (including phenoxy) is 2. The van der Waals surface area contributed by atoms with Gasteiger partial charge < -0.3 is 20.5 Å². The lowest BCUT2D eigenvalue weighted by atomic mass is 9.89. The molecular weight excluding hydrogens is 268 g/mol. The van der Waals surface area contributed by atoms with E-state index < -0.39 is 5.54 Å². The van der Waals surface area contributed by atoms with Gasteiger partial charge in [-0.15, -0.1) is 12.4 Å². The Morgan fingerprint density at radius 1 is 1.47 bits per heavy atom. The molecule has 0 aromatic carbocycles. The molecule has 0 aromatic rings. The topological polar surface area (TPSA) is 73.6 Å². The Labute approximate surface area is 122 Å². The van der Waals surface area contributed by atoms with Crippen molar-refractivity contribution in [1.82, 2.24) is 5.32 Å². The molecule has 1 atom stereocenters. The third-order valence-electron chi connectivity index (χ3n) is 3.57. The molecule has 0 aliphatic carbocycles. The zero-order valence-corrected chi connectivity index (χ0v) is 13.1. The van der Waals surface area contributed by atoms with Crippen molar-refractivity contribution in [3.63, 3.8) is 0 Å². The van der Waals surface area contributed by atoms with Crippen LogP contribution in [0.2, 0.25) is 0 Å². The van der Waals surface area contributed by atoms with Gasteiger partial charge in [-0.25, -0.2) is 0 Å². The lowest BCUT2D eigenvalue weighted by Crippen LogP contribution is -2.58. The number of hydrogen-bond acceptors (Lipinski definition) is 4. The highest BCUT2D eigenvalue weighted by Crippen LogP contribution is 2.20. The van der Waals surface area contributed by atoms with Crippen LogP contribution in [0.15, 0.2) is 0 Å². The fourth-order valence-corrected chi connectivity index (χ4v) is 2.20. The summed E-state index contributed by atoms with van der Waals surface area (Å²) in [4.78, 5) is 12.2. The molecule has 0 spiro atoms. The summed E-state index contributed by atoms with van der Waals surface area (Å²) in [5.41, 5.74) is 5.10. The number of halogens is 1. The van der Waals surface area contributed by atoms with Crippen LogP contribution in [0.25, 0.3) is 0 Å². The first kappa shape index (κ1) is 18.6. The third kappa shape index (κ3) is 5.65. The van der Waals surface area contributed by atoms with Crippen LogP contribution < -0.4 is 11.1 Å². The summed E-state index contributed by atoms with van der Waals surface area (Å²) < 4.78 is 10.6. The van der Waals surface area contributed by atoms with Crippen LogP contribution in [0.4, 0.5) is 0 Å². The molecule has 1 fully saturated rings. The van der Waals surface area contributed by atoms with Crippen LogP contribution in [0.5, 0.6) is 0 Å². The van der Waals surface area contributed by atoms with Gasteiger partial charge in [-0.3, -0.25) is 4.79 Å². The smallest absolute Gasteiger partial charge is 0.240 e. The van der Waals surface area contributed by atoms with E-state index in [1.807, 2.05) is 20.8 Å². The maximum atomic E-state index is 12.2. The van der Waals surface area contributed by atoms with Gasteiger partial charge in [-0.05, 0) is 40.0 Å². The van der Waals surface area contributed by atoms with Crippen LogP contribution in [0.1, 0.15) is 40.0 Å². The summed E-state index contributed by atoms with van der Waals surface area (Å²) in [6.07, 6.45) is 1.92. The van der Waals surface area contributed by atoms with Gasteiger partial charge in [0.25, 0.3) is 0 Å². The minimum atomic E-state index is -0.774. The van der Waals surface area contributed by atoms with Crippen LogP contribution in [-0.4, -0.2) is 43.4 Å². The Kier molecular flexibility index (Phi) is 7.29. The Hall–Kier alpha value is -0.360. The molecule has 0 radical (unpaired) electrons. The highest BCUT2D eigenvalue weighted by molar-refractivity contribution is 5.86. The van der Waals surface area contributed by atoms with Crippen molar-refractivity contribution >= 4 is 18.3 Å². The first-order valence-corrected chi connectivity index (χ1v) is 6.52. The van der Waals surface area contributed by atoms with Crippen molar-refractivity contribution < 1.29 is 14.3 Å². The molecule has 19 heavy (non-hydrogen) atoms. The average molecular weight is 295 g/mol. The molecule has 1 rings (SSSR count). The number of nitrogens with one attached hydrogen (secondary N) is 1.